The first kappa shape index (κ1) is 20.8. The highest BCUT2D eigenvalue weighted by Crippen LogP contribution is 2.12. The first-order valence-electron chi connectivity index (χ1n) is 6.82. The highest BCUT2D eigenvalue weighted by molar-refractivity contribution is 5.94. The molecule has 0 amide bonds. The van der Waals surface area contributed by atoms with E-state index >= 15 is 0 Å². The number of aromatic carboxylic acids is 1. The van der Waals surface area contributed by atoms with Crippen LogP contribution in [0.25, 0.3) is 0 Å². The molecule has 1 aromatic rings. The zero-order valence-electron chi connectivity index (χ0n) is 12.9. The van der Waals surface area contributed by atoms with E-state index in [-0.39, 0.29) is 17.6 Å². The largest absolute Gasteiger partial charge is 0.481 e. The van der Waals surface area contributed by atoms with Gasteiger partial charge in [-0.2, -0.15) is 0 Å². The van der Waals surface area contributed by atoms with E-state index in [0.717, 1.165) is 0 Å². The van der Waals surface area contributed by atoms with Crippen LogP contribution in [0.3, 0.4) is 0 Å². The van der Waals surface area contributed by atoms with Crippen molar-refractivity contribution in [3.63, 3.8) is 0 Å². The van der Waals surface area contributed by atoms with Gasteiger partial charge in [-0.3, -0.25) is 4.79 Å². The Morgan fingerprint density at radius 1 is 1.00 bits per heavy atom. The van der Waals surface area contributed by atoms with Gasteiger partial charge in [0.2, 0.25) is 0 Å². The first-order chi connectivity index (χ1) is 11.1. The summed E-state index contributed by atoms with van der Waals surface area (Å²) in [6, 6.07) is 6.65. The van der Waals surface area contributed by atoms with Crippen LogP contribution in [0.2, 0.25) is 0 Å². The van der Waals surface area contributed by atoms with E-state index in [0.29, 0.717) is 24.5 Å². The van der Waals surface area contributed by atoms with Crippen LogP contribution in [0.15, 0.2) is 35.9 Å². The summed E-state index contributed by atoms with van der Waals surface area (Å²) in [5, 5.41) is 33.4. The molecular weight excluding hydrogens is 320 g/mol. The van der Waals surface area contributed by atoms with E-state index in [9.17, 15) is 19.2 Å². The highest BCUT2D eigenvalue weighted by atomic mass is 16.4. The molecule has 0 saturated carbocycles. The van der Waals surface area contributed by atoms with Gasteiger partial charge in [0.1, 0.15) is 0 Å². The third-order valence-electron chi connectivity index (χ3n) is 2.76. The van der Waals surface area contributed by atoms with Gasteiger partial charge in [0.05, 0.1) is 5.56 Å². The van der Waals surface area contributed by atoms with Crippen LogP contribution < -0.4 is 0 Å². The molecule has 0 aliphatic rings. The predicted octanol–water partition coefficient (Wildman–Crippen LogP) is 1.89. The molecule has 8 nitrogen and oxygen atoms in total. The molecule has 0 aromatic heterocycles. The van der Waals surface area contributed by atoms with Gasteiger partial charge in [0, 0.05) is 18.1 Å². The molecule has 0 unspecified atom stereocenters. The zero-order chi connectivity index (χ0) is 18.7. The molecule has 1 rings (SSSR count). The topological polar surface area (TPSA) is 149 Å². The molecule has 0 fully saturated rings. The van der Waals surface area contributed by atoms with Crippen molar-refractivity contribution in [1.29, 1.82) is 0 Å². The van der Waals surface area contributed by atoms with Crippen molar-refractivity contribution in [3.05, 3.63) is 47.0 Å². The summed E-state index contributed by atoms with van der Waals surface area (Å²) in [5.41, 5.74) is 0.761. The molecule has 8 heteroatoms. The average molecular weight is 338 g/mol. The second-order valence-electron chi connectivity index (χ2n) is 4.68. The van der Waals surface area contributed by atoms with Gasteiger partial charge in [0.15, 0.2) is 0 Å². The Hall–Kier alpha value is -3.16. The van der Waals surface area contributed by atoms with Crippen LogP contribution in [0.4, 0.5) is 0 Å². The standard InChI is InChI=1S/C11H12O4.C5H6O4/c12-10(13)7-3-5-8-4-1-2-6-9(8)11(14)15;1-3(5(8)9)2-4(6)7/h1-2,4,6H,3,5,7H2,(H,12,13)(H,14,15);2H,1H3,(H,6,7)(H,8,9)/b;3-2-. The maximum Gasteiger partial charge on any atom is 0.335 e. The summed E-state index contributed by atoms with van der Waals surface area (Å²) in [4.78, 5) is 40.8. The number of carboxylic acids is 4. The smallest absolute Gasteiger partial charge is 0.335 e. The molecule has 0 aliphatic carbocycles. The molecule has 0 spiro atoms. The monoisotopic (exact) mass is 338 g/mol. The van der Waals surface area contributed by atoms with Gasteiger partial charge in [-0.15, -0.1) is 0 Å². The number of hydrogen-bond acceptors (Lipinski definition) is 4. The normalized spacial score (nSPS) is 10.3. The van der Waals surface area contributed by atoms with Gasteiger partial charge in [-0.05, 0) is 31.4 Å². The van der Waals surface area contributed by atoms with E-state index in [1.54, 1.807) is 18.2 Å². The summed E-state index contributed by atoms with van der Waals surface area (Å²) in [7, 11) is 0. The van der Waals surface area contributed by atoms with Gasteiger partial charge in [0.25, 0.3) is 0 Å². The van der Waals surface area contributed by atoms with E-state index in [1.165, 1.54) is 13.0 Å². The van der Waals surface area contributed by atoms with Crippen molar-refractivity contribution in [3.8, 4) is 0 Å². The molecule has 0 saturated heterocycles. The second-order valence-corrected chi connectivity index (χ2v) is 4.68. The number of aryl methyl sites for hydroxylation is 1. The van der Waals surface area contributed by atoms with E-state index < -0.39 is 23.9 Å². The maximum atomic E-state index is 10.8. The summed E-state index contributed by atoms with van der Waals surface area (Å²) >= 11 is 0. The first-order valence-corrected chi connectivity index (χ1v) is 6.82. The van der Waals surface area contributed by atoms with Gasteiger partial charge in [-0.25, -0.2) is 14.4 Å². The zero-order valence-corrected chi connectivity index (χ0v) is 12.9. The Labute approximate surface area is 137 Å². The molecule has 4 N–H and O–H groups in total. The number of carbonyl (C=O) groups is 4. The Balaban J connectivity index is 0.000000506. The minimum atomic E-state index is -1.24. The number of aliphatic carboxylic acids is 3. The Bertz CT molecular complexity index is 645. The van der Waals surface area contributed by atoms with Crippen LogP contribution in [-0.2, 0) is 20.8 Å². The minimum Gasteiger partial charge on any atom is -0.481 e. The molecule has 0 aliphatic heterocycles. The van der Waals surface area contributed by atoms with Crippen molar-refractivity contribution in [1.82, 2.24) is 0 Å². The summed E-state index contributed by atoms with van der Waals surface area (Å²) < 4.78 is 0. The fourth-order valence-electron chi connectivity index (χ4n) is 1.62. The van der Waals surface area contributed by atoms with Crippen LogP contribution in [0, 0.1) is 0 Å². The lowest BCUT2D eigenvalue weighted by atomic mass is 10.0. The van der Waals surface area contributed by atoms with Gasteiger partial charge >= 0.3 is 23.9 Å². The third kappa shape index (κ3) is 8.98. The summed E-state index contributed by atoms with van der Waals surface area (Å²) in [6.07, 6.45) is 1.64. The number of hydrogen-bond donors (Lipinski definition) is 4. The quantitative estimate of drug-likeness (QED) is 0.551. The van der Waals surface area contributed by atoms with E-state index in [4.69, 9.17) is 20.4 Å². The molecule has 0 atom stereocenters. The maximum absolute atomic E-state index is 10.8. The van der Waals surface area contributed by atoms with E-state index in [2.05, 4.69) is 0 Å². The molecule has 0 radical (unpaired) electrons. The number of carboxylic acid groups (broad SMARTS) is 4. The van der Waals surface area contributed by atoms with Crippen molar-refractivity contribution in [2.24, 2.45) is 0 Å². The van der Waals surface area contributed by atoms with Crippen molar-refractivity contribution in [2.75, 3.05) is 0 Å². The van der Waals surface area contributed by atoms with E-state index in [1.807, 2.05) is 0 Å². The van der Waals surface area contributed by atoms with Crippen molar-refractivity contribution < 1.29 is 39.6 Å². The lowest BCUT2D eigenvalue weighted by molar-refractivity contribution is -0.137. The lowest BCUT2D eigenvalue weighted by Crippen LogP contribution is -2.03. The lowest BCUT2D eigenvalue weighted by Gasteiger charge is -2.04. The molecular formula is C16H18O8. The molecule has 0 heterocycles. The van der Waals surface area contributed by atoms with Crippen molar-refractivity contribution >= 4 is 23.9 Å². The Morgan fingerprint density at radius 2 is 1.58 bits per heavy atom. The Morgan fingerprint density at radius 3 is 2.00 bits per heavy atom. The van der Waals surface area contributed by atoms with Crippen LogP contribution >= 0.6 is 0 Å². The molecule has 24 heavy (non-hydrogen) atoms. The minimum absolute atomic E-state index is 0.0634. The fourth-order valence-corrected chi connectivity index (χ4v) is 1.62. The summed E-state index contributed by atoms with van der Waals surface area (Å²) in [6.45, 7) is 1.22. The van der Waals surface area contributed by atoms with Gasteiger partial charge < -0.3 is 20.4 Å². The molecule has 1 aromatic carbocycles. The third-order valence-corrected chi connectivity index (χ3v) is 2.76. The average Bonchev–Trinajstić information content (AvgIpc) is 2.47. The van der Waals surface area contributed by atoms with Crippen LogP contribution in [0.1, 0.15) is 35.7 Å². The van der Waals surface area contributed by atoms with Gasteiger partial charge in [-0.1, -0.05) is 18.2 Å². The number of rotatable bonds is 7. The fraction of sp³-hybridized carbons (Fsp3) is 0.250. The second kappa shape index (κ2) is 10.5. The molecule has 0 bridgehead atoms. The highest BCUT2D eigenvalue weighted by Gasteiger charge is 2.08. The Kier molecular flexibility index (Phi) is 9.16. The van der Waals surface area contributed by atoms with Crippen LogP contribution in [0.5, 0.6) is 0 Å². The predicted molar refractivity (Wildman–Crippen MR) is 83.0 cm³/mol. The van der Waals surface area contributed by atoms with Crippen molar-refractivity contribution in [2.45, 2.75) is 26.2 Å². The SMILES string of the molecule is C/C(=C/C(=O)O)C(=O)O.O=C(O)CCCc1ccccc1C(=O)O. The van der Waals surface area contributed by atoms with Crippen LogP contribution in [-0.4, -0.2) is 44.3 Å². The molecule has 130 valence electrons. The summed E-state index contributed by atoms with van der Waals surface area (Å²) in [5.74, 6) is -4.28. The number of benzene rings is 1.